The van der Waals surface area contributed by atoms with Gasteiger partial charge in [-0.15, -0.1) is 0 Å². The van der Waals surface area contributed by atoms with Crippen LogP contribution in [0.2, 0.25) is 0 Å². The number of imidazole rings is 1. The number of nitrogens with zero attached hydrogens (tertiary/aromatic N) is 2. The Kier molecular flexibility index (Phi) is 3.39. The molecule has 0 unspecified atom stereocenters. The molecule has 2 nitrogen and oxygen atoms in total. The smallest absolute Gasteiger partial charge is 0.0992 e. The van der Waals surface area contributed by atoms with E-state index in [-0.39, 0.29) is 0 Å². The summed E-state index contributed by atoms with van der Waals surface area (Å²) in [6.07, 6.45) is 9.59. The van der Waals surface area contributed by atoms with Crippen molar-refractivity contribution in [3.63, 3.8) is 0 Å². The van der Waals surface area contributed by atoms with E-state index in [1.165, 1.54) is 34.8 Å². The zero-order valence-corrected chi connectivity index (χ0v) is 10.1. The van der Waals surface area contributed by atoms with Crippen LogP contribution in [0.25, 0.3) is 5.52 Å². The minimum atomic E-state index is 1.17. The molecule has 0 saturated carbocycles. The molecule has 0 aromatic carbocycles. The van der Waals surface area contributed by atoms with Gasteiger partial charge in [0.15, 0.2) is 0 Å². The minimum absolute atomic E-state index is 1.17. The highest BCUT2D eigenvalue weighted by Crippen LogP contribution is 2.13. The van der Waals surface area contributed by atoms with Crippen LogP contribution < -0.4 is 0 Å². The van der Waals surface area contributed by atoms with Crippen LogP contribution in [-0.2, 0) is 6.42 Å². The zero-order chi connectivity index (χ0) is 9.80. The number of unbranched alkanes of at least 4 members (excludes halogenated alkanes) is 1. The normalized spacial score (nSPS) is 10.9. The Morgan fingerprint density at radius 3 is 3.14 bits per heavy atom. The fourth-order valence-electron chi connectivity index (χ4n) is 1.63. The minimum Gasteiger partial charge on any atom is -0.306 e. The summed E-state index contributed by atoms with van der Waals surface area (Å²) >= 11 is 2.43. The second-order valence-electron chi connectivity index (χ2n) is 3.37. The van der Waals surface area contributed by atoms with Crippen molar-refractivity contribution in [2.45, 2.75) is 19.3 Å². The summed E-state index contributed by atoms with van der Waals surface area (Å²) in [5, 5.41) is 0. The summed E-state index contributed by atoms with van der Waals surface area (Å²) in [5.41, 5.74) is 2.66. The van der Waals surface area contributed by atoms with Crippen molar-refractivity contribution in [2.24, 2.45) is 0 Å². The monoisotopic (exact) mass is 300 g/mol. The first-order chi connectivity index (χ1) is 6.92. The number of hydrogen-bond acceptors (Lipinski definition) is 1. The lowest BCUT2D eigenvalue weighted by Crippen LogP contribution is -1.90. The quantitative estimate of drug-likeness (QED) is 0.482. The van der Waals surface area contributed by atoms with Crippen molar-refractivity contribution >= 4 is 28.1 Å². The summed E-state index contributed by atoms with van der Waals surface area (Å²) in [7, 11) is 0. The van der Waals surface area contributed by atoms with Crippen molar-refractivity contribution in [1.29, 1.82) is 0 Å². The van der Waals surface area contributed by atoms with Gasteiger partial charge in [-0.1, -0.05) is 28.7 Å². The molecule has 0 amide bonds. The van der Waals surface area contributed by atoms with E-state index in [0.29, 0.717) is 0 Å². The van der Waals surface area contributed by atoms with Gasteiger partial charge in [0, 0.05) is 6.20 Å². The second-order valence-corrected chi connectivity index (χ2v) is 4.44. The Bertz CT molecular complexity index is 408. The van der Waals surface area contributed by atoms with Crippen LogP contribution >= 0.6 is 22.6 Å². The SMILES string of the molecule is ICCCCc1cccn2cncc12. The molecule has 0 spiro atoms. The Morgan fingerprint density at radius 2 is 2.29 bits per heavy atom. The van der Waals surface area contributed by atoms with Gasteiger partial charge in [0.05, 0.1) is 18.0 Å². The van der Waals surface area contributed by atoms with Crippen molar-refractivity contribution in [3.05, 3.63) is 36.4 Å². The van der Waals surface area contributed by atoms with E-state index in [1.807, 2.05) is 18.7 Å². The average Bonchev–Trinajstić information content (AvgIpc) is 2.67. The molecule has 0 aliphatic rings. The Hall–Kier alpha value is -0.580. The molecule has 3 heteroatoms. The first kappa shape index (κ1) is 9.96. The average molecular weight is 300 g/mol. The number of pyridine rings is 1. The standard InChI is InChI=1S/C11H13IN2/c12-6-2-1-4-10-5-3-7-14-9-13-8-11(10)14/h3,5,7-9H,1-2,4,6H2. The fraction of sp³-hybridized carbons (Fsp3) is 0.364. The van der Waals surface area contributed by atoms with Gasteiger partial charge in [-0.2, -0.15) is 0 Å². The highest BCUT2D eigenvalue weighted by molar-refractivity contribution is 14.1. The molecule has 2 aromatic heterocycles. The third kappa shape index (κ3) is 2.08. The van der Waals surface area contributed by atoms with Crippen LogP contribution in [-0.4, -0.2) is 13.8 Å². The van der Waals surface area contributed by atoms with Gasteiger partial charge in [0.25, 0.3) is 0 Å². The third-order valence-electron chi connectivity index (χ3n) is 2.37. The summed E-state index contributed by atoms with van der Waals surface area (Å²) in [4.78, 5) is 4.15. The van der Waals surface area contributed by atoms with E-state index in [2.05, 4.69) is 44.1 Å². The molecule has 0 atom stereocenters. The molecule has 0 bridgehead atoms. The maximum Gasteiger partial charge on any atom is 0.0992 e. The predicted molar refractivity (Wildman–Crippen MR) is 67.0 cm³/mol. The van der Waals surface area contributed by atoms with Crippen molar-refractivity contribution < 1.29 is 0 Å². The lowest BCUT2D eigenvalue weighted by Gasteiger charge is -2.02. The lowest BCUT2D eigenvalue weighted by molar-refractivity contribution is 0.810. The maximum absolute atomic E-state index is 4.15. The van der Waals surface area contributed by atoms with Gasteiger partial charge in [0.1, 0.15) is 0 Å². The molecule has 0 fully saturated rings. The van der Waals surface area contributed by atoms with Crippen molar-refractivity contribution in [2.75, 3.05) is 4.43 Å². The van der Waals surface area contributed by atoms with E-state index in [4.69, 9.17) is 0 Å². The van der Waals surface area contributed by atoms with Gasteiger partial charge >= 0.3 is 0 Å². The molecule has 0 N–H and O–H groups in total. The summed E-state index contributed by atoms with van der Waals surface area (Å²) in [5.74, 6) is 0. The van der Waals surface area contributed by atoms with E-state index in [1.54, 1.807) is 0 Å². The number of hydrogen-bond donors (Lipinski definition) is 0. The second kappa shape index (κ2) is 4.77. The topological polar surface area (TPSA) is 17.3 Å². The molecular weight excluding hydrogens is 287 g/mol. The molecule has 2 aromatic rings. The molecule has 0 radical (unpaired) electrons. The van der Waals surface area contributed by atoms with Crippen LogP contribution in [0.3, 0.4) is 0 Å². The van der Waals surface area contributed by atoms with Crippen LogP contribution in [0.5, 0.6) is 0 Å². The molecule has 14 heavy (non-hydrogen) atoms. The molecule has 0 aliphatic carbocycles. The molecular formula is C11H13IN2. The first-order valence-corrected chi connectivity index (χ1v) is 6.40. The van der Waals surface area contributed by atoms with Gasteiger partial charge in [-0.3, -0.25) is 0 Å². The highest BCUT2D eigenvalue weighted by Gasteiger charge is 2.00. The van der Waals surface area contributed by atoms with E-state index in [9.17, 15) is 0 Å². The predicted octanol–water partition coefficient (Wildman–Crippen LogP) is 3.09. The van der Waals surface area contributed by atoms with E-state index in [0.717, 1.165) is 0 Å². The summed E-state index contributed by atoms with van der Waals surface area (Å²) in [6.45, 7) is 0. The Morgan fingerprint density at radius 1 is 1.36 bits per heavy atom. The summed E-state index contributed by atoms with van der Waals surface area (Å²) < 4.78 is 3.33. The lowest BCUT2D eigenvalue weighted by atomic mass is 10.1. The van der Waals surface area contributed by atoms with Crippen molar-refractivity contribution in [3.8, 4) is 0 Å². The van der Waals surface area contributed by atoms with E-state index >= 15 is 0 Å². The number of rotatable bonds is 4. The van der Waals surface area contributed by atoms with Gasteiger partial charge < -0.3 is 4.40 Å². The van der Waals surface area contributed by atoms with Crippen LogP contribution in [0.4, 0.5) is 0 Å². The third-order valence-corrected chi connectivity index (χ3v) is 3.13. The summed E-state index contributed by atoms with van der Waals surface area (Å²) in [6, 6.07) is 4.29. The zero-order valence-electron chi connectivity index (χ0n) is 7.99. The molecule has 2 heterocycles. The fourth-order valence-corrected chi connectivity index (χ4v) is 2.17. The van der Waals surface area contributed by atoms with Crippen molar-refractivity contribution in [1.82, 2.24) is 9.38 Å². The highest BCUT2D eigenvalue weighted by atomic mass is 127. The molecule has 0 aliphatic heterocycles. The Balaban J connectivity index is 2.19. The van der Waals surface area contributed by atoms with Crippen LogP contribution in [0.15, 0.2) is 30.9 Å². The Labute approximate surface area is 97.5 Å². The van der Waals surface area contributed by atoms with Gasteiger partial charge in [-0.25, -0.2) is 4.98 Å². The number of aryl methyl sites for hydroxylation is 1. The van der Waals surface area contributed by atoms with Crippen LogP contribution in [0, 0.1) is 0 Å². The molecule has 74 valence electrons. The first-order valence-electron chi connectivity index (χ1n) is 4.87. The van der Waals surface area contributed by atoms with E-state index < -0.39 is 0 Å². The number of aromatic nitrogens is 2. The molecule has 2 rings (SSSR count). The van der Waals surface area contributed by atoms with Gasteiger partial charge in [-0.05, 0) is 35.3 Å². The largest absolute Gasteiger partial charge is 0.306 e. The number of alkyl halides is 1. The van der Waals surface area contributed by atoms with Crippen LogP contribution in [0.1, 0.15) is 18.4 Å². The number of fused-ring (bicyclic) bond motifs is 1. The number of halogens is 1. The molecule has 0 saturated heterocycles. The van der Waals surface area contributed by atoms with Gasteiger partial charge in [0.2, 0.25) is 0 Å². The maximum atomic E-state index is 4.15.